The molecule has 2 aromatic carbocycles. The van der Waals surface area contributed by atoms with Crippen LogP contribution in [-0.4, -0.2) is 18.4 Å². The molecule has 0 bridgehead atoms. The molecule has 0 unspecified atom stereocenters. The second-order valence-corrected chi connectivity index (χ2v) is 7.41. The Morgan fingerprint density at radius 2 is 1.72 bits per heavy atom. The minimum atomic E-state index is -0.453. The van der Waals surface area contributed by atoms with Crippen molar-refractivity contribution in [2.24, 2.45) is 0 Å². The van der Waals surface area contributed by atoms with Gasteiger partial charge in [0.05, 0.1) is 4.47 Å². The van der Waals surface area contributed by atoms with Crippen molar-refractivity contribution in [3.8, 4) is 5.75 Å². The molecule has 25 heavy (non-hydrogen) atoms. The zero-order valence-corrected chi connectivity index (χ0v) is 17.0. The van der Waals surface area contributed by atoms with Crippen molar-refractivity contribution in [1.82, 2.24) is 10.9 Å². The molecular weight excluding hydrogens is 452 g/mol. The first-order chi connectivity index (χ1) is 11.9. The van der Waals surface area contributed by atoms with E-state index in [1.54, 1.807) is 24.3 Å². The van der Waals surface area contributed by atoms with Gasteiger partial charge in [0, 0.05) is 10.0 Å². The van der Waals surface area contributed by atoms with E-state index in [0.717, 1.165) is 8.95 Å². The maximum absolute atomic E-state index is 11.9. The fourth-order valence-electron chi connectivity index (χ4n) is 1.97. The zero-order chi connectivity index (χ0) is 18.4. The highest BCUT2D eigenvalue weighted by Crippen LogP contribution is 2.28. The maximum Gasteiger partial charge on any atom is 0.276 e. The van der Waals surface area contributed by atoms with E-state index in [4.69, 9.17) is 4.74 Å². The van der Waals surface area contributed by atoms with E-state index >= 15 is 0 Å². The molecule has 0 radical (unpaired) electrons. The van der Waals surface area contributed by atoms with Crippen molar-refractivity contribution in [1.29, 1.82) is 0 Å². The number of hydrogen-bond donors (Lipinski definition) is 2. The third kappa shape index (κ3) is 5.86. The number of hydrazine groups is 1. The van der Waals surface area contributed by atoms with E-state index in [0.29, 0.717) is 17.2 Å². The van der Waals surface area contributed by atoms with Gasteiger partial charge in [-0.1, -0.05) is 35.8 Å². The van der Waals surface area contributed by atoms with E-state index in [1.807, 2.05) is 18.2 Å². The normalized spacial score (nSPS) is 10.4. The van der Waals surface area contributed by atoms with Crippen molar-refractivity contribution in [2.45, 2.75) is 19.8 Å². The summed E-state index contributed by atoms with van der Waals surface area (Å²) in [5.74, 6) is 0.120. The van der Waals surface area contributed by atoms with Crippen LogP contribution in [0.3, 0.4) is 0 Å². The highest BCUT2D eigenvalue weighted by molar-refractivity contribution is 9.10. The smallest absolute Gasteiger partial charge is 0.276 e. The van der Waals surface area contributed by atoms with Crippen LogP contribution in [-0.2, 0) is 4.79 Å². The Hall–Kier alpha value is -1.86. The molecule has 0 atom stereocenters. The lowest BCUT2D eigenvalue weighted by Gasteiger charge is -2.12. The van der Waals surface area contributed by atoms with Crippen molar-refractivity contribution >= 4 is 43.7 Å². The molecule has 2 N–H and O–H groups in total. The lowest BCUT2D eigenvalue weighted by atomic mass is 10.0. The Morgan fingerprint density at radius 3 is 2.32 bits per heavy atom. The second kappa shape index (κ2) is 9.01. The van der Waals surface area contributed by atoms with Crippen LogP contribution in [0.5, 0.6) is 5.75 Å². The SMILES string of the molecule is CC(C)c1ccc(OCC(=O)NNC(=O)c2ccc(Br)cc2)c(Br)c1. The van der Waals surface area contributed by atoms with Crippen LogP contribution in [0, 0.1) is 0 Å². The number of rotatable bonds is 5. The van der Waals surface area contributed by atoms with Crippen LogP contribution >= 0.6 is 31.9 Å². The van der Waals surface area contributed by atoms with Gasteiger partial charge in [0.25, 0.3) is 11.8 Å². The molecule has 2 amide bonds. The van der Waals surface area contributed by atoms with Gasteiger partial charge in [0.2, 0.25) is 0 Å². The molecule has 0 fully saturated rings. The second-order valence-electron chi connectivity index (χ2n) is 5.64. The van der Waals surface area contributed by atoms with Crippen LogP contribution in [0.2, 0.25) is 0 Å². The fourth-order valence-corrected chi connectivity index (χ4v) is 2.75. The summed E-state index contributed by atoms with van der Waals surface area (Å²) in [5, 5.41) is 0. The first-order valence-electron chi connectivity index (χ1n) is 7.64. The standard InChI is InChI=1S/C18H18Br2N2O3/c1-11(2)13-5-8-16(15(20)9-13)25-10-17(23)21-22-18(24)12-3-6-14(19)7-4-12/h3-9,11H,10H2,1-2H3,(H,21,23)(H,22,24). The summed E-state index contributed by atoms with van der Waals surface area (Å²) in [5.41, 5.74) is 6.28. The molecule has 0 saturated heterocycles. The van der Waals surface area contributed by atoms with Gasteiger partial charge < -0.3 is 4.74 Å². The summed E-state index contributed by atoms with van der Waals surface area (Å²) in [7, 11) is 0. The molecule has 0 aliphatic heterocycles. The summed E-state index contributed by atoms with van der Waals surface area (Å²) in [6.45, 7) is 3.99. The average molecular weight is 470 g/mol. The van der Waals surface area contributed by atoms with E-state index in [-0.39, 0.29) is 6.61 Å². The van der Waals surface area contributed by atoms with Crippen LogP contribution < -0.4 is 15.6 Å². The summed E-state index contributed by atoms with van der Waals surface area (Å²) >= 11 is 6.73. The van der Waals surface area contributed by atoms with Gasteiger partial charge in [-0.25, -0.2) is 0 Å². The van der Waals surface area contributed by atoms with Crippen LogP contribution in [0.25, 0.3) is 0 Å². The molecule has 2 aromatic rings. The third-order valence-corrected chi connectivity index (χ3v) is 4.55. The van der Waals surface area contributed by atoms with E-state index < -0.39 is 11.8 Å². The number of nitrogens with one attached hydrogen (secondary N) is 2. The first kappa shape index (κ1) is 19.5. The Balaban J connectivity index is 1.82. The summed E-state index contributed by atoms with van der Waals surface area (Å²) < 4.78 is 7.12. The average Bonchev–Trinajstić information content (AvgIpc) is 2.59. The zero-order valence-electron chi connectivity index (χ0n) is 13.8. The number of halogens is 2. The summed E-state index contributed by atoms with van der Waals surface area (Å²) in [4.78, 5) is 23.7. The minimum Gasteiger partial charge on any atom is -0.483 e. The van der Waals surface area contributed by atoms with Gasteiger partial charge in [-0.05, 0) is 63.8 Å². The predicted molar refractivity (Wildman–Crippen MR) is 103 cm³/mol. The molecule has 132 valence electrons. The van der Waals surface area contributed by atoms with Gasteiger partial charge in [0.15, 0.2) is 6.61 Å². The number of ether oxygens (including phenoxy) is 1. The van der Waals surface area contributed by atoms with E-state index in [9.17, 15) is 9.59 Å². The molecule has 0 aliphatic rings. The molecule has 7 heteroatoms. The summed E-state index contributed by atoms with van der Waals surface area (Å²) in [6.07, 6.45) is 0. The predicted octanol–water partition coefficient (Wildman–Crippen LogP) is 4.18. The molecule has 0 aromatic heterocycles. The number of hydrogen-bond acceptors (Lipinski definition) is 3. The Morgan fingerprint density at radius 1 is 1.04 bits per heavy atom. The fraction of sp³-hybridized carbons (Fsp3) is 0.222. The number of carbonyl (C=O) groups excluding carboxylic acids is 2. The molecule has 0 saturated carbocycles. The monoisotopic (exact) mass is 468 g/mol. The van der Waals surface area contributed by atoms with Gasteiger partial charge in [-0.2, -0.15) is 0 Å². The summed E-state index contributed by atoms with van der Waals surface area (Å²) in [6, 6.07) is 12.5. The van der Waals surface area contributed by atoms with Crippen molar-refractivity contribution < 1.29 is 14.3 Å². The largest absolute Gasteiger partial charge is 0.483 e. The van der Waals surface area contributed by atoms with E-state index in [2.05, 4.69) is 56.6 Å². The highest BCUT2D eigenvalue weighted by atomic mass is 79.9. The van der Waals surface area contributed by atoms with Gasteiger partial charge in [-0.3, -0.25) is 20.4 Å². The molecule has 5 nitrogen and oxygen atoms in total. The first-order valence-corrected chi connectivity index (χ1v) is 9.22. The van der Waals surface area contributed by atoms with Gasteiger partial charge in [-0.15, -0.1) is 0 Å². The number of benzene rings is 2. The van der Waals surface area contributed by atoms with Gasteiger partial charge in [0.1, 0.15) is 5.75 Å². The lowest BCUT2D eigenvalue weighted by molar-refractivity contribution is -0.123. The Labute approximate surface area is 163 Å². The molecular formula is C18H18Br2N2O3. The van der Waals surface area contributed by atoms with E-state index in [1.165, 1.54) is 5.56 Å². The van der Waals surface area contributed by atoms with Crippen LogP contribution in [0.15, 0.2) is 51.4 Å². The third-order valence-electron chi connectivity index (χ3n) is 3.40. The highest BCUT2D eigenvalue weighted by Gasteiger charge is 2.10. The molecule has 2 rings (SSSR count). The Kier molecular flexibility index (Phi) is 7.01. The van der Waals surface area contributed by atoms with Crippen molar-refractivity contribution in [2.75, 3.05) is 6.61 Å². The number of amides is 2. The van der Waals surface area contributed by atoms with Crippen LogP contribution in [0.4, 0.5) is 0 Å². The lowest BCUT2D eigenvalue weighted by Crippen LogP contribution is -2.43. The minimum absolute atomic E-state index is 0.208. The quantitative estimate of drug-likeness (QED) is 0.645. The van der Waals surface area contributed by atoms with Gasteiger partial charge >= 0.3 is 0 Å². The van der Waals surface area contributed by atoms with Crippen molar-refractivity contribution in [3.63, 3.8) is 0 Å². The molecule has 0 aliphatic carbocycles. The topological polar surface area (TPSA) is 67.4 Å². The van der Waals surface area contributed by atoms with Crippen LogP contribution in [0.1, 0.15) is 35.7 Å². The van der Waals surface area contributed by atoms with Crippen molar-refractivity contribution in [3.05, 3.63) is 62.5 Å². The molecule has 0 spiro atoms. The number of carbonyl (C=O) groups is 2. The molecule has 0 heterocycles. The Bertz CT molecular complexity index is 761. The maximum atomic E-state index is 11.9.